The van der Waals surface area contributed by atoms with Crippen molar-refractivity contribution >= 4 is 11.6 Å². The maximum absolute atomic E-state index is 5.54. The van der Waals surface area contributed by atoms with Gasteiger partial charge < -0.3 is 15.0 Å². The van der Waals surface area contributed by atoms with E-state index in [2.05, 4.69) is 41.2 Å². The molecule has 94 valence electrons. The number of pyridine rings is 1. The van der Waals surface area contributed by atoms with E-state index in [1.165, 1.54) is 0 Å². The highest BCUT2D eigenvalue weighted by Crippen LogP contribution is 2.17. The van der Waals surface area contributed by atoms with Gasteiger partial charge in [0.1, 0.15) is 11.6 Å². The van der Waals surface area contributed by atoms with E-state index in [0.29, 0.717) is 0 Å². The van der Waals surface area contributed by atoms with Gasteiger partial charge in [0, 0.05) is 19.6 Å². The lowest BCUT2D eigenvalue weighted by atomic mass is 10.3. The minimum absolute atomic E-state index is 0.290. The van der Waals surface area contributed by atoms with E-state index in [0.717, 1.165) is 44.3 Å². The maximum atomic E-state index is 5.54. The Morgan fingerprint density at radius 2 is 2.41 bits per heavy atom. The zero-order valence-electron chi connectivity index (χ0n) is 10.6. The average Bonchev–Trinajstić information content (AvgIpc) is 2.37. The van der Waals surface area contributed by atoms with Gasteiger partial charge in [0.25, 0.3) is 0 Å². The van der Waals surface area contributed by atoms with Crippen LogP contribution in [0.4, 0.5) is 11.6 Å². The van der Waals surface area contributed by atoms with Gasteiger partial charge in [-0.2, -0.15) is 0 Å². The Bertz CT molecular complexity index is 356. The molecule has 1 aliphatic rings. The van der Waals surface area contributed by atoms with Gasteiger partial charge in [-0.3, -0.25) is 0 Å². The minimum Gasteiger partial charge on any atom is -0.375 e. The van der Waals surface area contributed by atoms with Crippen LogP contribution in [0.3, 0.4) is 0 Å². The summed E-state index contributed by atoms with van der Waals surface area (Å²) in [5, 5.41) is 3.32. The topological polar surface area (TPSA) is 37.4 Å². The van der Waals surface area contributed by atoms with Crippen molar-refractivity contribution in [1.82, 2.24) is 4.98 Å². The molecular formula is C13H21N3O. The van der Waals surface area contributed by atoms with Crippen molar-refractivity contribution in [3.8, 4) is 0 Å². The third-order valence-electron chi connectivity index (χ3n) is 2.86. The minimum atomic E-state index is 0.290. The number of ether oxygens (including phenoxy) is 1. The summed E-state index contributed by atoms with van der Waals surface area (Å²) >= 11 is 0. The molecule has 17 heavy (non-hydrogen) atoms. The Labute approximate surface area is 103 Å². The SMILES string of the molecule is CCCNc1cccc(N2CCOC(C)C2)n1. The van der Waals surface area contributed by atoms with Crippen LogP contribution in [0.5, 0.6) is 0 Å². The Morgan fingerprint density at radius 3 is 3.18 bits per heavy atom. The summed E-state index contributed by atoms with van der Waals surface area (Å²) in [5.41, 5.74) is 0. The standard InChI is InChI=1S/C13H21N3O/c1-3-7-14-12-5-4-6-13(15-12)16-8-9-17-11(2)10-16/h4-6,11H,3,7-10H2,1-2H3,(H,14,15). The van der Waals surface area contributed by atoms with Gasteiger partial charge >= 0.3 is 0 Å². The zero-order valence-corrected chi connectivity index (χ0v) is 10.6. The number of nitrogens with one attached hydrogen (secondary N) is 1. The predicted octanol–water partition coefficient (Wildman–Crippen LogP) is 2.13. The van der Waals surface area contributed by atoms with Crippen LogP contribution in [0, 0.1) is 0 Å². The normalized spacial score (nSPS) is 20.4. The summed E-state index contributed by atoms with van der Waals surface area (Å²) in [6, 6.07) is 6.14. The smallest absolute Gasteiger partial charge is 0.131 e. The van der Waals surface area contributed by atoms with Crippen molar-refractivity contribution in [3.05, 3.63) is 18.2 Å². The molecule has 0 aromatic carbocycles. The Balaban J connectivity index is 2.04. The molecule has 1 unspecified atom stereocenters. The molecule has 1 aromatic rings. The van der Waals surface area contributed by atoms with Crippen molar-refractivity contribution in [2.75, 3.05) is 36.5 Å². The first-order chi connectivity index (χ1) is 8.29. The first kappa shape index (κ1) is 12.2. The van der Waals surface area contributed by atoms with Crippen LogP contribution in [-0.2, 0) is 4.74 Å². The molecule has 0 saturated carbocycles. The Morgan fingerprint density at radius 1 is 1.53 bits per heavy atom. The van der Waals surface area contributed by atoms with Gasteiger partial charge in [-0.1, -0.05) is 13.0 Å². The van der Waals surface area contributed by atoms with Crippen molar-refractivity contribution in [1.29, 1.82) is 0 Å². The molecule has 2 rings (SSSR count). The summed E-state index contributed by atoms with van der Waals surface area (Å²) < 4.78 is 5.54. The van der Waals surface area contributed by atoms with Crippen molar-refractivity contribution < 1.29 is 4.74 Å². The Kier molecular flexibility index (Phi) is 4.20. The highest BCUT2D eigenvalue weighted by Gasteiger charge is 2.17. The van der Waals surface area contributed by atoms with E-state index in [1.54, 1.807) is 0 Å². The van der Waals surface area contributed by atoms with Crippen LogP contribution in [-0.4, -0.2) is 37.3 Å². The summed E-state index contributed by atoms with van der Waals surface area (Å²) in [4.78, 5) is 6.91. The molecule has 2 heterocycles. The van der Waals surface area contributed by atoms with E-state index in [1.807, 2.05) is 6.07 Å². The van der Waals surface area contributed by atoms with Crippen LogP contribution in [0.25, 0.3) is 0 Å². The third-order valence-corrected chi connectivity index (χ3v) is 2.86. The van der Waals surface area contributed by atoms with Crippen molar-refractivity contribution in [3.63, 3.8) is 0 Å². The molecule has 1 aliphatic heterocycles. The number of hydrogen-bond acceptors (Lipinski definition) is 4. The maximum Gasteiger partial charge on any atom is 0.131 e. The molecule has 0 bridgehead atoms. The van der Waals surface area contributed by atoms with Crippen LogP contribution < -0.4 is 10.2 Å². The van der Waals surface area contributed by atoms with E-state index in [-0.39, 0.29) is 6.10 Å². The zero-order chi connectivity index (χ0) is 12.1. The van der Waals surface area contributed by atoms with Crippen LogP contribution in [0.2, 0.25) is 0 Å². The largest absolute Gasteiger partial charge is 0.375 e. The molecule has 1 fully saturated rings. The highest BCUT2D eigenvalue weighted by molar-refractivity contribution is 5.47. The lowest BCUT2D eigenvalue weighted by Crippen LogP contribution is -2.41. The van der Waals surface area contributed by atoms with Gasteiger partial charge in [0.15, 0.2) is 0 Å². The first-order valence-corrected chi connectivity index (χ1v) is 6.37. The second-order valence-electron chi connectivity index (χ2n) is 4.44. The number of nitrogens with zero attached hydrogens (tertiary/aromatic N) is 2. The summed E-state index contributed by atoms with van der Waals surface area (Å²) in [6.07, 6.45) is 1.40. The van der Waals surface area contributed by atoms with E-state index >= 15 is 0 Å². The number of anilines is 2. The summed E-state index contributed by atoms with van der Waals surface area (Å²) in [5.74, 6) is 2.00. The second kappa shape index (κ2) is 5.87. The lowest BCUT2D eigenvalue weighted by Gasteiger charge is -2.32. The predicted molar refractivity (Wildman–Crippen MR) is 70.6 cm³/mol. The van der Waals surface area contributed by atoms with Crippen LogP contribution >= 0.6 is 0 Å². The second-order valence-corrected chi connectivity index (χ2v) is 4.44. The molecule has 1 atom stereocenters. The average molecular weight is 235 g/mol. The van der Waals surface area contributed by atoms with Gasteiger partial charge in [-0.05, 0) is 25.5 Å². The van der Waals surface area contributed by atoms with Crippen molar-refractivity contribution in [2.45, 2.75) is 26.4 Å². The molecule has 0 spiro atoms. The number of morpholine rings is 1. The highest BCUT2D eigenvalue weighted by atomic mass is 16.5. The van der Waals surface area contributed by atoms with Crippen LogP contribution in [0.15, 0.2) is 18.2 Å². The molecule has 0 aliphatic carbocycles. The molecule has 0 amide bonds. The number of hydrogen-bond donors (Lipinski definition) is 1. The summed E-state index contributed by atoms with van der Waals surface area (Å²) in [6.45, 7) is 7.86. The third kappa shape index (κ3) is 3.33. The molecule has 4 nitrogen and oxygen atoms in total. The lowest BCUT2D eigenvalue weighted by molar-refractivity contribution is 0.0529. The Hall–Kier alpha value is -1.29. The molecule has 1 aromatic heterocycles. The summed E-state index contributed by atoms with van der Waals surface area (Å²) in [7, 11) is 0. The van der Waals surface area contributed by atoms with E-state index < -0.39 is 0 Å². The molecular weight excluding hydrogens is 214 g/mol. The number of aromatic nitrogens is 1. The molecule has 0 radical (unpaired) electrons. The van der Waals surface area contributed by atoms with Gasteiger partial charge in [-0.15, -0.1) is 0 Å². The fourth-order valence-electron chi connectivity index (χ4n) is 1.98. The van der Waals surface area contributed by atoms with Gasteiger partial charge in [-0.25, -0.2) is 4.98 Å². The van der Waals surface area contributed by atoms with E-state index in [4.69, 9.17) is 4.74 Å². The molecule has 1 N–H and O–H groups in total. The number of rotatable bonds is 4. The van der Waals surface area contributed by atoms with Crippen LogP contribution in [0.1, 0.15) is 20.3 Å². The van der Waals surface area contributed by atoms with Crippen molar-refractivity contribution in [2.24, 2.45) is 0 Å². The monoisotopic (exact) mass is 235 g/mol. The van der Waals surface area contributed by atoms with Gasteiger partial charge in [0.2, 0.25) is 0 Å². The fraction of sp³-hybridized carbons (Fsp3) is 0.615. The fourth-order valence-corrected chi connectivity index (χ4v) is 1.98. The van der Waals surface area contributed by atoms with Gasteiger partial charge in [0.05, 0.1) is 12.7 Å². The quantitative estimate of drug-likeness (QED) is 0.867. The first-order valence-electron chi connectivity index (χ1n) is 6.37. The molecule has 4 heteroatoms. The van der Waals surface area contributed by atoms with E-state index in [9.17, 15) is 0 Å². The molecule has 1 saturated heterocycles.